The Morgan fingerprint density at radius 3 is 2.14 bits per heavy atom. The van der Waals surface area contributed by atoms with Crippen molar-refractivity contribution in [3.05, 3.63) is 33.8 Å². The fraction of sp³-hybridized carbons (Fsp3) is 0.333. The zero-order chi connectivity index (χ0) is 10.8. The molecule has 0 heterocycles. The van der Waals surface area contributed by atoms with Gasteiger partial charge in [0, 0.05) is 13.0 Å². The van der Waals surface area contributed by atoms with Crippen LogP contribution in [0.3, 0.4) is 0 Å². The number of halogens is 4. The maximum absolute atomic E-state index is 13.3. The Morgan fingerprint density at radius 2 is 1.71 bits per heavy atom. The molecule has 0 saturated heterocycles. The molecule has 0 unspecified atom stereocenters. The van der Waals surface area contributed by atoms with Gasteiger partial charge in [0.2, 0.25) is 0 Å². The largest absolute Gasteiger partial charge is 0.396 e. The molecule has 5 heteroatoms. The highest BCUT2D eigenvalue weighted by Crippen LogP contribution is 2.40. The topological polar surface area (TPSA) is 20.2 Å². The molecule has 0 spiro atoms. The lowest BCUT2D eigenvalue weighted by Gasteiger charge is -2.18. The lowest BCUT2D eigenvalue weighted by atomic mass is 10.1. The summed E-state index contributed by atoms with van der Waals surface area (Å²) in [5.41, 5.74) is -0.419. The minimum Gasteiger partial charge on any atom is -0.396 e. The standard InChI is InChI=1S/C9H8Cl2F2O/c10-6-2-1-3-7(11)8(6)9(12,13)4-5-14/h1-3,14H,4-5H2. The van der Waals surface area contributed by atoms with E-state index >= 15 is 0 Å². The lowest BCUT2D eigenvalue weighted by Crippen LogP contribution is -2.16. The summed E-state index contributed by atoms with van der Waals surface area (Å²) in [4.78, 5) is 0. The van der Waals surface area contributed by atoms with Crippen LogP contribution in [0.1, 0.15) is 12.0 Å². The number of hydrogen-bond donors (Lipinski definition) is 1. The number of rotatable bonds is 3. The third-order valence-corrected chi connectivity index (χ3v) is 2.38. The van der Waals surface area contributed by atoms with Gasteiger partial charge < -0.3 is 5.11 Å². The van der Waals surface area contributed by atoms with Crippen molar-refractivity contribution in [3.8, 4) is 0 Å². The summed E-state index contributed by atoms with van der Waals surface area (Å²) in [5, 5.41) is 8.30. The van der Waals surface area contributed by atoms with E-state index in [0.717, 1.165) is 0 Å². The maximum Gasteiger partial charge on any atom is 0.278 e. The van der Waals surface area contributed by atoms with E-state index < -0.39 is 24.5 Å². The molecule has 0 radical (unpaired) electrons. The molecule has 0 aliphatic heterocycles. The molecule has 78 valence electrons. The Balaban J connectivity index is 3.17. The Labute approximate surface area is 90.3 Å². The molecule has 0 aromatic heterocycles. The second kappa shape index (κ2) is 4.43. The number of benzene rings is 1. The van der Waals surface area contributed by atoms with Crippen LogP contribution in [0.5, 0.6) is 0 Å². The molecule has 1 aromatic rings. The zero-order valence-electron chi connectivity index (χ0n) is 7.11. The fourth-order valence-corrected chi connectivity index (χ4v) is 1.79. The minimum atomic E-state index is -3.19. The van der Waals surface area contributed by atoms with Crippen molar-refractivity contribution < 1.29 is 13.9 Å². The lowest BCUT2D eigenvalue weighted by molar-refractivity contribution is -0.0267. The Morgan fingerprint density at radius 1 is 1.21 bits per heavy atom. The second-order valence-electron chi connectivity index (χ2n) is 2.77. The van der Waals surface area contributed by atoms with Crippen molar-refractivity contribution in [2.45, 2.75) is 12.3 Å². The van der Waals surface area contributed by atoms with Crippen molar-refractivity contribution in [2.24, 2.45) is 0 Å². The molecule has 1 nitrogen and oxygen atoms in total. The summed E-state index contributed by atoms with van der Waals surface area (Å²) in [6.45, 7) is -0.617. The van der Waals surface area contributed by atoms with Crippen LogP contribution >= 0.6 is 23.2 Å². The number of aliphatic hydroxyl groups excluding tert-OH is 1. The van der Waals surface area contributed by atoms with Crippen LogP contribution in [-0.4, -0.2) is 11.7 Å². The molecule has 0 fully saturated rings. The van der Waals surface area contributed by atoms with Crippen LogP contribution in [0.15, 0.2) is 18.2 Å². The molecule has 0 aliphatic rings. The first kappa shape index (κ1) is 11.7. The predicted molar refractivity (Wildman–Crippen MR) is 52.1 cm³/mol. The normalized spacial score (nSPS) is 11.8. The average molecular weight is 241 g/mol. The molecule has 0 saturated carbocycles. The number of alkyl halides is 2. The predicted octanol–water partition coefficient (Wildman–Crippen LogP) is 3.47. The van der Waals surface area contributed by atoms with Gasteiger partial charge in [-0.05, 0) is 12.1 Å². The van der Waals surface area contributed by atoms with Crippen molar-refractivity contribution in [1.29, 1.82) is 0 Å². The number of aliphatic hydroxyl groups is 1. The Hall–Kier alpha value is -0.380. The molecule has 1 rings (SSSR count). The zero-order valence-corrected chi connectivity index (χ0v) is 8.62. The molecule has 0 atom stereocenters. The summed E-state index contributed by atoms with van der Waals surface area (Å²) >= 11 is 11.2. The van der Waals surface area contributed by atoms with Gasteiger partial charge in [-0.25, -0.2) is 8.78 Å². The van der Waals surface area contributed by atoms with Gasteiger partial charge in [-0.15, -0.1) is 0 Å². The van der Waals surface area contributed by atoms with Crippen LogP contribution in [0.4, 0.5) is 8.78 Å². The van der Waals surface area contributed by atoms with Crippen molar-refractivity contribution >= 4 is 23.2 Å². The van der Waals surface area contributed by atoms with Gasteiger partial charge in [0.1, 0.15) is 0 Å². The van der Waals surface area contributed by atoms with Gasteiger partial charge in [0.15, 0.2) is 0 Å². The van der Waals surface area contributed by atoms with Crippen LogP contribution < -0.4 is 0 Å². The smallest absolute Gasteiger partial charge is 0.278 e. The van der Waals surface area contributed by atoms with E-state index in [1.807, 2.05) is 0 Å². The van der Waals surface area contributed by atoms with E-state index in [1.54, 1.807) is 0 Å². The van der Waals surface area contributed by atoms with E-state index in [9.17, 15) is 8.78 Å². The van der Waals surface area contributed by atoms with Crippen molar-refractivity contribution in [2.75, 3.05) is 6.61 Å². The summed E-state index contributed by atoms with van der Waals surface area (Å²) < 4.78 is 26.7. The highest BCUT2D eigenvalue weighted by molar-refractivity contribution is 6.36. The highest BCUT2D eigenvalue weighted by atomic mass is 35.5. The summed E-state index contributed by atoms with van der Waals surface area (Å²) in [6, 6.07) is 4.17. The van der Waals surface area contributed by atoms with Gasteiger partial charge >= 0.3 is 0 Å². The van der Waals surface area contributed by atoms with Gasteiger partial charge in [-0.1, -0.05) is 29.3 Å². The summed E-state index contributed by atoms with van der Waals surface area (Å²) in [7, 11) is 0. The van der Waals surface area contributed by atoms with Crippen LogP contribution in [-0.2, 0) is 5.92 Å². The van der Waals surface area contributed by atoms with Gasteiger partial charge in [-0.3, -0.25) is 0 Å². The SMILES string of the molecule is OCCC(F)(F)c1c(Cl)cccc1Cl. The van der Waals surface area contributed by atoms with Crippen molar-refractivity contribution in [1.82, 2.24) is 0 Å². The summed E-state index contributed by atoms with van der Waals surface area (Å²) in [5.74, 6) is -3.19. The van der Waals surface area contributed by atoms with Crippen LogP contribution in [0.2, 0.25) is 10.0 Å². The van der Waals surface area contributed by atoms with E-state index in [1.165, 1.54) is 18.2 Å². The Bertz CT molecular complexity index is 308. The molecule has 0 bridgehead atoms. The maximum atomic E-state index is 13.3. The molecular formula is C9H8Cl2F2O. The molecule has 0 amide bonds. The fourth-order valence-electron chi connectivity index (χ4n) is 1.11. The van der Waals surface area contributed by atoms with Crippen molar-refractivity contribution in [3.63, 3.8) is 0 Å². The molecular weight excluding hydrogens is 233 g/mol. The second-order valence-corrected chi connectivity index (χ2v) is 3.59. The molecule has 1 aromatic carbocycles. The first-order chi connectivity index (χ1) is 6.49. The number of hydrogen-bond acceptors (Lipinski definition) is 1. The van der Waals surface area contributed by atoms with Gasteiger partial charge in [0.05, 0.1) is 15.6 Å². The minimum absolute atomic E-state index is 0.0871. The highest BCUT2D eigenvalue weighted by Gasteiger charge is 2.35. The molecule has 0 aliphatic carbocycles. The van der Waals surface area contributed by atoms with Crippen LogP contribution in [0.25, 0.3) is 0 Å². The third kappa shape index (κ3) is 2.35. The monoisotopic (exact) mass is 240 g/mol. The average Bonchev–Trinajstić information content (AvgIpc) is 2.02. The van der Waals surface area contributed by atoms with E-state index in [2.05, 4.69) is 0 Å². The third-order valence-electron chi connectivity index (χ3n) is 1.75. The van der Waals surface area contributed by atoms with E-state index in [-0.39, 0.29) is 10.0 Å². The molecule has 14 heavy (non-hydrogen) atoms. The van der Waals surface area contributed by atoms with Gasteiger partial charge in [-0.2, -0.15) is 0 Å². The van der Waals surface area contributed by atoms with E-state index in [0.29, 0.717) is 0 Å². The van der Waals surface area contributed by atoms with Gasteiger partial charge in [0.25, 0.3) is 5.92 Å². The van der Waals surface area contributed by atoms with Crippen LogP contribution in [0, 0.1) is 0 Å². The quantitative estimate of drug-likeness (QED) is 0.858. The first-order valence-corrected chi connectivity index (χ1v) is 4.68. The molecule has 1 N–H and O–H groups in total. The first-order valence-electron chi connectivity index (χ1n) is 3.92. The van der Waals surface area contributed by atoms with E-state index in [4.69, 9.17) is 28.3 Å². The Kier molecular flexibility index (Phi) is 3.70. The summed E-state index contributed by atoms with van der Waals surface area (Å²) in [6.07, 6.45) is -0.684.